The van der Waals surface area contributed by atoms with Crippen LogP contribution in [-0.2, 0) is 16.1 Å². The molecule has 3 aromatic rings. The van der Waals surface area contributed by atoms with Gasteiger partial charge in [0.2, 0.25) is 5.91 Å². The Bertz CT molecular complexity index is 1190. The summed E-state index contributed by atoms with van der Waals surface area (Å²) >= 11 is 0. The molecule has 3 fully saturated rings. The van der Waals surface area contributed by atoms with Gasteiger partial charge in [0.15, 0.2) is 5.82 Å². The number of hydrogen-bond acceptors (Lipinski definition) is 5. The summed E-state index contributed by atoms with van der Waals surface area (Å²) in [5, 5.41) is 2.44. The van der Waals surface area contributed by atoms with Crippen molar-refractivity contribution in [3.05, 3.63) is 72.3 Å². The van der Waals surface area contributed by atoms with Crippen molar-refractivity contribution in [3.8, 4) is 0 Å². The number of piperazine rings is 1. The number of benzene rings is 2. The first-order valence-electron chi connectivity index (χ1n) is 11.6. The fourth-order valence-corrected chi connectivity index (χ4v) is 5.53. The van der Waals surface area contributed by atoms with Gasteiger partial charge >= 0.3 is 0 Å². The molecule has 7 heteroatoms. The summed E-state index contributed by atoms with van der Waals surface area (Å²) in [6.07, 6.45) is 4.22. The predicted molar refractivity (Wildman–Crippen MR) is 124 cm³/mol. The molecule has 3 aliphatic heterocycles. The second kappa shape index (κ2) is 8.08. The second-order valence-electron chi connectivity index (χ2n) is 9.44. The van der Waals surface area contributed by atoms with E-state index in [0.717, 1.165) is 19.4 Å². The summed E-state index contributed by atoms with van der Waals surface area (Å²) in [5.74, 6) is -0.163. The second-order valence-corrected chi connectivity index (χ2v) is 9.44. The molecule has 0 bridgehead atoms. The number of pyridine rings is 1. The Morgan fingerprint density at radius 2 is 1.91 bits per heavy atom. The molecule has 1 aromatic heterocycles. The van der Waals surface area contributed by atoms with Gasteiger partial charge in [-0.3, -0.25) is 14.7 Å². The molecule has 3 aliphatic rings. The smallest absolute Gasteiger partial charge is 0.238 e. The minimum absolute atomic E-state index is 0.131. The maximum atomic E-state index is 14.2. The number of hydrogen-bond donors (Lipinski definition) is 0. The lowest BCUT2D eigenvalue weighted by atomic mass is 9.91. The summed E-state index contributed by atoms with van der Waals surface area (Å²) in [7, 11) is 0. The molecular weight excluding hydrogens is 419 g/mol. The molecule has 1 spiro atoms. The fourth-order valence-electron chi connectivity index (χ4n) is 5.53. The molecule has 4 heterocycles. The third-order valence-corrected chi connectivity index (χ3v) is 7.27. The molecule has 170 valence electrons. The third kappa shape index (κ3) is 3.85. The van der Waals surface area contributed by atoms with Crippen molar-refractivity contribution in [2.45, 2.75) is 31.2 Å². The maximum Gasteiger partial charge on any atom is 0.238 e. The molecule has 6 rings (SSSR count). The molecule has 33 heavy (non-hydrogen) atoms. The van der Waals surface area contributed by atoms with E-state index in [2.05, 4.69) is 51.2 Å². The number of nitrogens with zero attached hydrogens (tertiary/aromatic N) is 4. The van der Waals surface area contributed by atoms with Gasteiger partial charge in [0, 0.05) is 32.4 Å². The molecule has 0 aliphatic carbocycles. The zero-order chi connectivity index (χ0) is 22.4. The summed E-state index contributed by atoms with van der Waals surface area (Å²) in [4.78, 5) is 23.0. The summed E-state index contributed by atoms with van der Waals surface area (Å²) in [5.41, 5.74) is 1.46. The summed E-state index contributed by atoms with van der Waals surface area (Å²) < 4.78 is 20.7. The fraction of sp³-hybridized carbons (Fsp3) is 0.385. The van der Waals surface area contributed by atoms with E-state index in [1.807, 2.05) is 11.0 Å². The van der Waals surface area contributed by atoms with Gasteiger partial charge in [0.25, 0.3) is 0 Å². The lowest BCUT2D eigenvalue weighted by Crippen LogP contribution is -2.53. The normalized spacial score (nSPS) is 22.8. The van der Waals surface area contributed by atoms with Crippen molar-refractivity contribution >= 4 is 22.4 Å². The quantitative estimate of drug-likeness (QED) is 0.617. The predicted octanol–water partition coefficient (Wildman–Crippen LogP) is 3.41. The molecule has 1 amide bonds. The Morgan fingerprint density at radius 3 is 2.73 bits per heavy atom. The molecule has 1 unspecified atom stereocenters. The summed E-state index contributed by atoms with van der Waals surface area (Å²) in [6, 6.07) is 16.5. The van der Waals surface area contributed by atoms with Crippen LogP contribution in [0.4, 0.5) is 10.1 Å². The van der Waals surface area contributed by atoms with Crippen molar-refractivity contribution in [1.29, 1.82) is 0 Å². The van der Waals surface area contributed by atoms with Crippen LogP contribution in [0.1, 0.15) is 18.4 Å². The number of aromatic nitrogens is 1. The highest BCUT2D eigenvalue weighted by atomic mass is 19.1. The van der Waals surface area contributed by atoms with Crippen LogP contribution in [0.3, 0.4) is 0 Å². The largest absolute Gasteiger partial charge is 0.369 e. The van der Waals surface area contributed by atoms with E-state index >= 15 is 0 Å². The van der Waals surface area contributed by atoms with Crippen molar-refractivity contribution in [2.75, 3.05) is 37.6 Å². The van der Waals surface area contributed by atoms with Crippen LogP contribution >= 0.6 is 0 Å². The maximum absolute atomic E-state index is 14.2. The molecule has 0 N–H and O–H groups in total. The number of anilines is 1. The number of halogens is 1. The standard InChI is InChI=1S/C26H27FN4O2/c27-22-14-28-10-7-23(22)30-11-8-26(9-12-30)18-31-24(32)16-29(17-25(31)33-26)15-19-5-6-20-3-1-2-4-21(20)13-19/h1-7,10,13-14,25H,8-9,11-12,15-18H2. The van der Waals surface area contributed by atoms with Gasteiger partial charge in [-0.2, -0.15) is 0 Å². The SMILES string of the molecule is O=C1CN(Cc2ccc3ccccc3c2)CC2OC3(CCN(c4ccncc4F)CC3)CN12. The number of piperidine rings is 1. The number of amides is 1. The monoisotopic (exact) mass is 446 g/mol. The third-order valence-electron chi connectivity index (χ3n) is 7.27. The number of carbonyl (C=O) groups is 1. The Balaban J connectivity index is 1.12. The van der Waals surface area contributed by atoms with Gasteiger partial charge in [-0.1, -0.05) is 36.4 Å². The summed E-state index contributed by atoms with van der Waals surface area (Å²) in [6.45, 7) is 3.90. The zero-order valence-electron chi connectivity index (χ0n) is 18.5. The lowest BCUT2D eigenvalue weighted by Gasteiger charge is -2.39. The molecule has 2 aromatic carbocycles. The van der Waals surface area contributed by atoms with E-state index in [4.69, 9.17) is 4.74 Å². The first-order valence-corrected chi connectivity index (χ1v) is 11.6. The lowest BCUT2D eigenvalue weighted by molar-refractivity contribution is -0.149. The molecule has 3 saturated heterocycles. The van der Waals surface area contributed by atoms with Crippen LogP contribution in [0.2, 0.25) is 0 Å². The van der Waals surface area contributed by atoms with Crippen LogP contribution in [-0.4, -0.2) is 65.2 Å². The number of carbonyl (C=O) groups excluding carboxylic acids is 1. The van der Waals surface area contributed by atoms with E-state index in [-0.39, 0.29) is 23.6 Å². The Labute approximate surface area is 192 Å². The van der Waals surface area contributed by atoms with Gasteiger partial charge in [-0.05, 0) is 41.3 Å². The number of rotatable bonds is 3. The van der Waals surface area contributed by atoms with Crippen molar-refractivity contribution < 1.29 is 13.9 Å². The highest BCUT2D eigenvalue weighted by molar-refractivity contribution is 5.83. The molecule has 0 saturated carbocycles. The van der Waals surface area contributed by atoms with Crippen molar-refractivity contribution in [2.24, 2.45) is 0 Å². The number of fused-ring (bicyclic) bond motifs is 2. The van der Waals surface area contributed by atoms with E-state index in [9.17, 15) is 9.18 Å². The molecule has 1 atom stereocenters. The molecule has 0 radical (unpaired) electrons. The van der Waals surface area contributed by atoms with Crippen LogP contribution in [0, 0.1) is 5.82 Å². The highest BCUT2D eigenvalue weighted by Crippen LogP contribution is 2.38. The van der Waals surface area contributed by atoms with Crippen LogP contribution < -0.4 is 4.90 Å². The van der Waals surface area contributed by atoms with Crippen molar-refractivity contribution in [3.63, 3.8) is 0 Å². The van der Waals surface area contributed by atoms with Gasteiger partial charge in [0.05, 0.1) is 30.6 Å². The zero-order valence-corrected chi connectivity index (χ0v) is 18.5. The average Bonchev–Trinajstić information content (AvgIpc) is 3.18. The topological polar surface area (TPSA) is 48.9 Å². The molecule has 6 nitrogen and oxygen atoms in total. The molecular formula is C26H27FN4O2. The van der Waals surface area contributed by atoms with Gasteiger partial charge < -0.3 is 14.5 Å². The van der Waals surface area contributed by atoms with E-state index in [0.29, 0.717) is 38.4 Å². The Morgan fingerprint density at radius 1 is 1.09 bits per heavy atom. The Hall–Kier alpha value is -3.03. The van der Waals surface area contributed by atoms with E-state index in [1.165, 1.54) is 22.5 Å². The van der Waals surface area contributed by atoms with Crippen LogP contribution in [0.15, 0.2) is 60.9 Å². The first kappa shape index (κ1) is 20.6. The van der Waals surface area contributed by atoms with Crippen LogP contribution in [0.25, 0.3) is 10.8 Å². The average molecular weight is 447 g/mol. The number of ether oxygens (including phenoxy) is 1. The van der Waals surface area contributed by atoms with E-state index < -0.39 is 0 Å². The van der Waals surface area contributed by atoms with E-state index in [1.54, 1.807) is 12.3 Å². The Kier molecular flexibility index (Phi) is 5.03. The van der Waals surface area contributed by atoms with Crippen LogP contribution in [0.5, 0.6) is 0 Å². The van der Waals surface area contributed by atoms with Gasteiger partial charge in [0.1, 0.15) is 6.23 Å². The minimum Gasteiger partial charge on any atom is -0.369 e. The van der Waals surface area contributed by atoms with Gasteiger partial charge in [-0.15, -0.1) is 0 Å². The minimum atomic E-state index is -0.334. The van der Waals surface area contributed by atoms with Gasteiger partial charge in [-0.25, -0.2) is 4.39 Å². The first-order chi connectivity index (χ1) is 16.1. The highest BCUT2D eigenvalue weighted by Gasteiger charge is 2.50. The van der Waals surface area contributed by atoms with Crippen molar-refractivity contribution in [1.82, 2.24) is 14.8 Å².